The van der Waals surface area contributed by atoms with E-state index in [0.717, 1.165) is 5.56 Å². The highest BCUT2D eigenvalue weighted by atomic mass is 16.5. The number of ether oxygens (including phenoxy) is 1. The monoisotopic (exact) mass is 280 g/mol. The molecule has 0 fully saturated rings. The van der Waals surface area contributed by atoms with Crippen molar-refractivity contribution in [1.29, 1.82) is 0 Å². The fraction of sp³-hybridized carbons (Fsp3) is 0.533. The van der Waals surface area contributed by atoms with Gasteiger partial charge in [0.05, 0.1) is 0 Å². The quantitative estimate of drug-likeness (QED) is 0.671. The lowest BCUT2D eigenvalue weighted by Crippen LogP contribution is -2.35. The van der Waals surface area contributed by atoms with Crippen LogP contribution in [0.3, 0.4) is 0 Å². The topological polar surface area (TPSA) is 81.6 Å². The molecule has 0 radical (unpaired) electrons. The number of aliphatic hydroxyl groups is 1. The third-order valence-electron chi connectivity index (χ3n) is 2.76. The maximum absolute atomic E-state index is 10.5. The molecule has 0 spiro atoms. The Hall–Kier alpha value is -1.59. The minimum Gasteiger partial charge on any atom is -0.550 e. The van der Waals surface area contributed by atoms with E-state index in [2.05, 4.69) is 5.32 Å². The first-order chi connectivity index (χ1) is 9.49. The van der Waals surface area contributed by atoms with E-state index in [0.29, 0.717) is 24.8 Å². The van der Waals surface area contributed by atoms with Gasteiger partial charge in [-0.3, -0.25) is 0 Å². The predicted molar refractivity (Wildman–Crippen MR) is 74.4 cm³/mol. The summed E-state index contributed by atoms with van der Waals surface area (Å²) < 4.78 is 5.56. The van der Waals surface area contributed by atoms with E-state index in [1.165, 1.54) is 0 Å². The molecule has 5 heteroatoms. The van der Waals surface area contributed by atoms with Crippen LogP contribution < -0.4 is 15.2 Å². The van der Waals surface area contributed by atoms with Crippen molar-refractivity contribution in [3.63, 3.8) is 0 Å². The Bertz CT molecular complexity index is 420. The number of nitrogens with one attached hydrogen (secondary N) is 1. The fourth-order valence-corrected chi connectivity index (χ4v) is 1.70. The van der Waals surface area contributed by atoms with Crippen LogP contribution in [0.25, 0.3) is 0 Å². The summed E-state index contributed by atoms with van der Waals surface area (Å²) in [6.07, 6.45) is -0.289. The number of benzene rings is 1. The molecule has 2 N–H and O–H groups in total. The van der Waals surface area contributed by atoms with E-state index in [-0.39, 0.29) is 13.0 Å². The molecular weight excluding hydrogens is 258 g/mol. The van der Waals surface area contributed by atoms with E-state index >= 15 is 0 Å². The second-order valence-corrected chi connectivity index (χ2v) is 5.01. The Morgan fingerprint density at radius 3 is 2.75 bits per heavy atom. The molecule has 0 aliphatic carbocycles. The Balaban J connectivity index is 2.48. The van der Waals surface area contributed by atoms with Crippen LogP contribution in [0.5, 0.6) is 5.75 Å². The van der Waals surface area contributed by atoms with Crippen LogP contribution in [-0.4, -0.2) is 36.4 Å². The van der Waals surface area contributed by atoms with Gasteiger partial charge in [0.2, 0.25) is 0 Å². The van der Waals surface area contributed by atoms with E-state index < -0.39 is 12.1 Å². The van der Waals surface area contributed by atoms with Crippen LogP contribution in [0.1, 0.15) is 25.8 Å². The number of carbonyl (C=O) groups excluding carboxylic acids is 1. The number of rotatable bonds is 9. The summed E-state index contributed by atoms with van der Waals surface area (Å²) in [5, 5.41) is 23.4. The summed E-state index contributed by atoms with van der Waals surface area (Å²) in [5.41, 5.74) is 0.806. The maximum Gasteiger partial charge on any atom is 0.122 e. The maximum atomic E-state index is 10.5. The molecule has 0 aromatic heterocycles. The second-order valence-electron chi connectivity index (χ2n) is 5.01. The van der Waals surface area contributed by atoms with Gasteiger partial charge in [0.25, 0.3) is 0 Å². The lowest BCUT2D eigenvalue weighted by atomic mass is 10.1. The van der Waals surface area contributed by atoms with Crippen LogP contribution in [0, 0.1) is 0 Å². The molecule has 1 aromatic carbocycles. The highest BCUT2D eigenvalue weighted by Gasteiger charge is 2.08. The smallest absolute Gasteiger partial charge is 0.122 e. The normalized spacial score (nSPS) is 12.4. The molecule has 0 saturated heterocycles. The van der Waals surface area contributed by atoms with Crippen LogP contribution in [0.15, 0.2) is 24.3 Å². The molecule has 1 unspecified atom stereocenters. The van der Waals surface area contributed by atoms with E-state index in [9.17, 15) is 15.0 Å². The standard InChI is InChI=1S/C15H23NO4/c1-11(2)16-9-13(17)10-20-14-6-4-3-5-12(14)7-8-15(18)19/h3-6,11,13,16-17H,7-10H2,1-2H3,(H,18,19)/p-1. The number of aryl methyl sites for hydroxylation is 1. The van der Waals surface area contributed by atoms with Crippen molar-refractivity contribution in [2.24, 2.45) is 0 Å². The summed E-state index contributed by atoms with van der Waals surface area (Å²) in [5.74, 6) is -0.474. The molecule has 20 heavy (non-hydrogen) atoms. The van der Waals surface area contributed by atoms with Crippen molar-refractivity contribution >= 4 is 5.97 Å². The van der Waals surface area contributed by atoms with Gasteiger partial charge in [0.15, 0.2) is 0 Å². The van der Waals surface area contributed by atoms with Gasteiger partial charge in [-0.15, -0.1) is 0 Å². The zero-order chi connectivity index (χ0) is 15.0. The number of carboxylic acid groups (broad SMARTS) is 1. The molecule has 0 saturated carbocycles. The number of carbonyl (C=O) groups is 1. The average molecular weight is 280 g/mol. The fourth-order valence-electron chi connectivity index (χ4n) is 1.70. The third-order valence-corrected chi connectivity index (χ3v) is 2.76. The number of hydrogen-bond acceptors (Lipinski definition) is 5. The lowest BCUT2D eigenvalue weighted by Gasteiger charge is -2.16. The zero-order valence-corrected chi connectivity index (χ0v) is 12.0. The van der Waals surface area contributed by atoms with Gasteiger partial charge in [0, 0.05) is 18.6 Å². The van der Waals surface area contributed by atoms with Crippen molar-refractivity contribution in [3.05, 3.63) is 29.8 Å². The van der Waals surface area contributed by atoms with Crippen molar-refractivity contribution in [2.45, 2.75) is 38.8 Å². The summed E-state index contributed by atoms with van der Waals surface area (Å²) in [7, 11) is 0. The molecule has 112 valence electrons. The molecule has 1 rings (SSSR count). The largest absolute Gasteiger partial charge is 0.550 e. The molecule has 0 heterocycles. The first kappa shape index (κ1) is 16.5. The van der Waals surface area contributed by atoms with E-state index in [1.54, 1.807) is 6.07 Å². The number of aliphatic carboxylic acids is 1. The average Bonchev–Trinajstić information content (AvgIpc) is 2.41. The zero-order valence-electron chi connectivity index (χ0n) is 12.0. The Labute approximate surface area is 119 Å². The third kappa shape index (κ3) is 6.54. The van der Waals surface area contributed by atoms with Gasteiger partial charge in [0.1, 0.15) is 18.5 Å². The van der Waals surface area contributed by atoms with E-state index in [4.69, 9.17) is 4.74 Å². The van der Waals surface area contributed by atoms with Crippen LogP contribution in [0.4, 0.5) is 0 Å². The molecule has 5 nitrogen and oxygen atoms in total. The van der Waals surface area contributed by atoms with Crippen molar-refractivity contribution < 1.29 is 19.7 Å². The summed E-state index contributed by atoms with van der Waals surface area (Å²) in [6, 6.07) is 7.54. The summed E-state index contributed by atoms with van der Waals surface area (Å²) in [6.45, 7) is 4.63. The molecule has 0 aliphatic rings. The Morgan fingerprint density at radius 2 is 2.10 bits per heavy atom. The van der Waals surface area contributed by atoms with Gasteiger partial charge in [-0.25, -0.2) is 0 Å². The van der Waals surface area contributed by atoms with E-state index in [1.807, 2.05) is 32.0 Å². The SMILES string of the molecule is CC(C)NCC(O)COc1ccccc1CCC(=O)[O-]. The minimum atomic E-state index is -1.08. The lowest BCUT2D eigenvalue weighted by molar-refractivity contribution is -0.305. The first-order valence-electron chi connectivity index (χ1n) is 6.81. The van der Waals surface area contributed by atoms with Gasteiger partial charge in [-0.1, -0.05) is 32.0 Å². The highest BCUT2D eigenvalue weighted by Crippen LogP contribution is 2.19. The number of para-hydroxylation sites is 1. The highest BCUT2D eigenvalue weighted by molar-refractivity contribution is 5.64. The minimum absolute atomic E-state index is 0.0438. The van der Waals surface area contributed by atoms with Crippen LogP contribution >= 0.6 is 0 Å². The predicted octanol–water partition coefficient (Wildman–Crippen LogP) is 0.107. The number of hydrogen-bond donors (Lipinski definition) is 2. The van der Waals surface area contributed by atoms with Gasteiger partial charge in [-0.2, -0.15) is 0 Å². The summed E-state index contributed by atoms with van der Waals surface area (Å²) >= 11 is 0. The second kappa shape index (κ2) is 8.55. The Morgan fingerprint density at radius 1 is 1.40 bits per heavy atom. The van der Waals surface area contributed by atoms with Crippen molar-refractivity contribution in [3.8, 4) is 5.75 Å². The van der Waals surface area contributed by atoms with Crippen molar-refractivity contribution in [2.75, 3.05) is 13.2 Å². The van der Waals surface area contributed by atoms with Gasteiger partial charge in [-0.05, 0) is 24.5 Å². The molecule has 0 bridgehead atoms. The number of aliphatic hydroxyl groups excluding tert-OH is 1. The molecule has 0 amide bonds. The van der Waals surface area contributed by atoms with Crippen LogP contribution in [-0.2, 0) is 11.2 Å². The number of carboxylic acids is 1. The van der Waals surface area contributed by atoms with Gasteiger partial charge >= 0.3 is 0 Å². The molecule has 1 aromatic rings. The molecular formula is C15H22NO4-. The first-order valence-corrected chi connectivity index (χ1v) is 6.81. The van der Waals surface area contributed by atoms with Crippen LogP contribution in [0.2, 0.25) is 0 Å². The molecule has 0 aliphatic heterocycles. The molecule has 1 atom stereocenters. The van der Waals surface area contributed by atoms with Gasteiger partial charge < -0.3 is 25.1 Å². The van der Waals surface area contributed by atoms with Crippen molar-refractivity contribution in [1.82, 2.24) is 5.32 Å². The Kier molecular flexibility index (Phi) is 7.04. The summed E-state index contributed by atoms with van der Waals surface area (Å²) in [4.78, 5) is 10.5.